The van der Waals surface area contributed by atoms with Crippen LogP contribution in [0.5, 0.6) is 0 Å². The highest BCUT2D eigenvalue weighted by molar-refractivity contribution is 6.29. The summed E-state index contributed by atoms with van der Waals surface area (Å²) in [5, 5.41) is 0. The van der Waals surface area contributed by atoms with Crippen molar-refractivity contribution < 1.29 is 4.43 Å². The average molecular weight is 436 g/mol. The molecule has 0 saturated carbocycles. The summed E-state index contributed by atoms with van der Waals surface area (Å²) in [5.74, 6) is 0.773. The van der Waals surface area contributed by atoms with E-state index in [2.05, 4.69) is 27.7 Å². The SMILES string of the molecule is CCCCCCCCCCCCCCCC(CC(C)(C)N)C(CC)[SiH2]OC.Cl. The summed E-state index contributed by atoms with van der Waals surface area (Å²) in [6, 6.07) is 0. The molecule has 0 amide bonds. The van der Waals surface area contributed by atoms with Gasteiger partial charge in [0.2, 0.25) is 0 Å². The van der Waals surface area contributed by atoms with Crippen LogP contribution in [0.3, 0.4) is 0 Å². The van der Waals surface area contributed by atoms with Gasteiger partial charge in [-0.05, 0) is 31.7 Å². The lowest BCUT2D eigenvalue weighted by molar-refractivity contribution is 0.299. The molecule has 0 aliphatic rings. The summed E-state index contributed by atoms with van der Waals surface area (Å²) in [4.78, 5) is 0. The molecule has 28 heavy (non-hydrogen) atoms. The van der Waals surface area contributed by atoms with E-state index in [1.807, 2.05) is 7.11 Å². The van der Waals surface area contributed by atoms with Crippen LogP contribution in [-0.4, -0.2) is 22.4 Å². The summed E-state index contributed by atoms with van der Waals surface area (Å²) in [7, 11) is 1.49. The maximum atomic E-state index is 6.34. The van der Waals surface area contributed by atoms with Crippen molar-refractivity contribution in [3.8, 4) is 0 Å². The van der Waals surface area contributed by atoms with Gasteiger partial charge in [0.05, 0.1) is 0 Å². The first-order valence-electron chi connectivity index (χ1n) is 12.2. The van der Waals surface area contributed by atoms with E-state index >= 15 is 0 Å². The molecular formula is C24H54ClNOSi. The van der Waals surface area contributed by atoms with E-state index in [1.54, 1.807) is 0 Å². The molecule has 0 bridgehead atoms. The molecule has 0 aliphatic heterocycles. The monoisotopic (exact) mass is 435 g/mol. The third kappa shape index (κ3) is 19.7. The third-order valence-corrected chi connectivity index (χ3v) is 8.04. The molecule has 0 fully saturated rings. The Labute approximate surface area is 186 Å². The van der Waals surface area contributed by atoms with Gasteiger partial charge < -0.3 is 10.2 Å². The zero-order valence-corrected chi connectivity index (χ0v) is 22.3. The predicted octanol–water partition coefficient (Wildman–Crippen LogP) is 7.56. The Kier molecular flexibility index (Phi) is 22.6. The topological polar surface area (TPSA) is 35.2 Å². The van der Waals surface area contributed by atoms with Crippen LogP contribution < -0.4 is 5.73 Å². The molecule has 4 heteroatoms. The molecule has 2 atom stereocenters. The molecule has 2 unspecified atom stereocenters. The molecule has 0 aromatic carbocycles. The Morgan fingerprint density at radius 3 is 1.57 bits per heavy atom. The highest BCUT2D eigenvalue weighted by Gasteiger charge is 2.25. The normalized spacial score (nSPS) is 14.4. The number of rotatable bonds is 20. The van der Waals surface area contributed by atoms with E-state index in [4.69, 9.17) is 10.2 Å². The Morgan fingerprint density at radius 2 is 1.21 bits per heavy atom. The second-order valence-electron chi connectivity index (χ2n) is 9.61. The van der Waals surface area contributed by atoms with E-state index < -0.39 is 9.76 Å². The maximum absolute atomic E-state index is 6.34. The molecule has 0 spiro atoms. The molecule has 172 valence electrons. The van der Waals surface area contributed by atoms with Gasteiger partial charge in [-0.2, -0.15) is 0 Å². The van der Waals surface area contributed by atoms with Crippen LogP contribution in [0.4, 0.5) is 0 Å². The lowest BCUT2D eigenvalue weighted by Gasteiger charge is -2.31. The van der Waals surface area contributed by atoms with Crippen LogP contribution in [-0.2, 0) is 4.43 Å². The second kappa shape index (κ2) is 20.7. The minimum absolute atomic E-state index is 0. The van der Waals surface area contributed by atoms with Crippen molar-refractivity contribution in [3.63, 3.8) is 0 Å². The Bertz CT molecular complexity index is 309. The van der Waals surface area contributed by atoms with E-state index in [-0.39, 0.29) is 17.9 Å². The molecule has 0 radical (unpaired) electrons. The van der Waals surface area contributed by atoms with Crippen molar-refractivity contribution in [1.29, 1.82) is 0 Å². The van der Waals surface area contributed by atoms with Crippen LogP contribution in [0.2, 0.25) is 5.54 Å². The highest BCUT2D eigenvalue weighted by atomic mass is 35.5. The maximum Gasteiger partial charge on any atom is 0.164 e. The number of hydrogen-bond acceptors (Lipinski definition) is 2. The highest BCUT2D eigenvalue weighted by Crippen LogP contribution is 2.33. The smallest absolute Gasteiger partial charge is 0.164 e. The Morgan fingerprint density at radius 1 is 0.786 bits per heavy atom. The summed E-state index contributed by atoms with van der Waals surface area (Å²) < 4.78 is 5.61. The van der Waals surface area contributed by atoms with Gasteiger partial charge in [-0.3, -0.25) is 0 Å². The van der Waals surface area contributed by atoms with Crippen molar-refractivity contribution in [2.45, 2.75) is 142 Å². The number of hydrogen-bond donors (Lipinski definition) is 1. The third-order valence-electron chi connectivity index (χ3n) is 6.04. The fourth-order valence-corrected chi connectivity index (χ4v) is 5.74. The van der Waals surface area contributed by atoms with E-state index in [9.17, 15) is 0 Å². The van der Waals surface area contributed by atoms with Gasteiger partial charge in [0, 0.05) is 12.6 Å². The Balaban J connectivity index is 0. The number of halogens is 1. The van der Waals surface area contributed by atoms with Gasteiger partial charge in [0.15, 0.2) is 9.76 Å². The summed E-state index contributed by atoms with van der Waals surface area (Å²) in [5.41, 5.74) is 7.10. The first-order valence-corrected chi connectivity index (χ1v) is 13.6. The van der Waals surface area contributed by atoms with Gasteiger partial charge in [0.1, 0.15) is 0 Å². The van der Waals surface area contributed by atoms with E-state index in [0.29, 0.717) is 0 Å². The molecule has 0 heterocycles. The van der Waals surface area contributed by atoms with E-state index in [1.165, 1.54) is 96.3 Å². The molecule has 0 saturated heterocycles. The molecular weight excluding hydrogens is 382 g/mol. The van der Waals surface area contributed by atoms with Crippen LogP contribution >= 0.6 is 12.4 Å². The molecule has 2 N–H and O–H groups in total. The van der Waals surface area contributed by atoms with Crippen molar-refractivity contribution in [2.75, 3.05) is 7.11 Å². The lowest BCUT2D eigenvalue weighted by atomic mass is 9.84. The fourth-order valence-electron chi connectivity index (χ4n) is 4.41. The van der Waals surface area contributed by atoms with Gasteiger partial charge in [-0.25, -0.2) is 0 Å². The molecule has 0 aromatic rings. The number of nitrogens with two attached hydrogens (primary N) is 1. The second-order valence-corrected chi connectivity index (χ2v) is 11.6. The van der Waals surface area contributed by atoms with Crippen LogP contribution in [0.25, 0.3) is 0 Å². The minimum Gasteiger partial charge on any atom is -0.427 e. The summed E-state index contributed by atoms with van der Waals surface area (Å²) >= 11 is 0. The fraction of sp³-hybridized carbons (Fsp3) is 1.00. The van der Waals surface area contributed by atoms with Gasteiger partial charge in [-0.1, -0.05) is 110 Å². The van der Waals surface area contributed by atoms with Gasteiger partial charge >= 0.3 is 0 Å². The molecule has 2 nitrogen and oxygen atoms in total. The number of unbranched alkanes of at least 4 members (excludes halogenated alkanes) is 12. The van der Waals surface area contributed by atoms with Crippen molar-refractivity contribution in [2.24, 2.45) is 11.7 Å². The van der Waals surface area contributed by atoms with Gasteiger partial charge in [0.25, 0.3) is 0 Å². The van der Waals surface area contributed by atoms with Gasteiger partial charge in [-0.15, -0.1) is 12.4 Å². The minimum atomic E-state index is -0.400. The average Bonchev–Trinajstić information content (AvgIpc) is 2.61. The largest absolute Gasteiger partial charge is 0.427 e. The zero-order valence-electron chi connectivity index (χ0n) is 20.1. The first kappa shape index (κ1) is 30.6. The summed E-state index contributed by atoms with van der Waals surface area (Å²) in [6.45, 7) is 9.00. The quantitative estimate of drug-likeness (QED) is 0.158. The zero-order chi connectivity index (χ0) is 20.4. The van der Waals surface area contributed by atoms with Crippen molar-refractivity contribution in [3.05, 3.63) is 0 Å². The first-order chi connectivity index (χ1) is 12.9. The van der Waals surface area contributed by atoms with Crippen molar-refractivity contribution >= 4 is 22.2 Å². The molecule has 0 aliphatic carbocycles. The van der Waals surface area contributed by atoms with Crippen LogP contribution in [0.15, 0.2) is 0 Å². The lowest BCUT2D eigenvalue weighted by Crippen LogP contribution is -2.36. The summed E-state index contributed by atoms with van der Waals surface area (Å²) in [6.07, 6.45) is 22.4. The predicted molar refractivity (Wildman–Crippen MR) is 134 cm³/mol. The molecule has 0 aromatic heterocycles. The molecule has 0 rings (SSSR count). The van der Waals surface area contributed by atoms with Crippen molar-refractivity contribution in [1.82, 2.24) is 0 Å². The van der Waals surface area contributed by atoms with Crippen LogP contribution in [0, 0.1) is 5.92 Å². The van der Waals surface area contributed by atoms with E-state index in [0.717, 1.165) is 17.9 Å². The Hall–Kier alpha value is 0.427. The van der Waals surface area contributed by atoms with Crippen LogP contribution in [0.1, 0.15) is 130 Å². The standard InChI is InChI=1S/C24H53NOSi.ClH/c1-6-8-9-10-11-12-13-14-15-16-17-18-19-20-22(21-24(3,4)25)23(7-2)27-26-5;/h22-23H,6-21,25,27H2,1-5H3;1H.